The number of nitrogens with one attached hydrogen (secondary N) is 1. The van der Waals surface area contributed by atoms with Crippen molar-refractivity contribution in [2.45, 2.75) is 18.4 Å². The number of rotatable bonds is 3. The largest absolute Gasteiger partial charge is 0.388 e. The molecule has 3 nitrogen and oxygen atoms in total. The Bertz CT molecular complexity index is 394. The highest BCUT2D eigenvalue weighted by Gasteiger charge is 2.29. The van der Waals surface area contributed by atoms with Gasteiger partial charge >= 0.3 is 0 Å². The zero-order valence-electron chi connectivity index (χ0n) is 9.38. The maximum absolute atomic E-state index is 12.9. The quantitative estimate of drug-likeness (QED) is 0.876. The zero-order chi connectivity index (χ0) is 12.3. The third kappa shape index (κ3) is 3.31. The Hall–Kier alpha value is -0.840. The molecular formula is C12H15ClFNO2. The lowest BCUT2D eigenvalue weighted by Crippen LogP contribution is -2.42. The highest BCUT2D eigenvalue weighted by molar-refractivity contribution is 6.31. The predicted molar refractivity (Wildman–Crippen MR) is 64.9 cm³/mol. The van der Waals surface area contributed by atoms with Crippen molar-refractivity contribution in [3.8, 4) is 0 Å². The van der Waals surface area contributed by atoms with Crippen LogP contribution >= 0.6 is 11.6 Å². The number of ether oxygens (including phenoxy) is 1. The monoisotopic (exact) mass is 259 g/mol. The molecule has 0 atom stereocenters. The molecule has 1 fully saturated rings. The van der Waals surface area contributed by atoms with E-state index in [1.165, 1.54) is 12.1 Å². The fraction of sp³-hybridized carbons (Fsp3) is 0.500. The zero-order valence-corrected chi connectivity index (χ0v) is 10.1. The lowest BCUT2D eigenvalue weighted by Gasteiger charge is -2.32. The molecule has 0 amide bonds. The summed E-state index contributed by atoms with van der Waals surface area (Å²) >= 11 is 5.67. The van der Waals surface area contributed by atoms with Crippen LogP contribution in [0.3, 0.4) is 0 Å². The van der Waals surface area contributed by atoms with Gasteiger partial charge in [0.25, 0.3) is 0 Å². The molecule has 1 aliphatic heterocycles. The van der Waals surface area contributed by atoms with Gasteiger partial charge in [0.15, 0.2) is 0 Å². The van der Waals surface area contributed by atoms with Crippen molar-refractivity contribution < 1.29 is 14.2 Å². The minimum atomic E-state index is -0.751. The van der Waals surface area contributed by atoms with Gasteiger partial charge in [-0.05, 0) is 18.2 Å². The third-order valence-electron chi connectivity index (χ3n) is 2.96. The lowest BCUT2D eigenvalue weighted by atomic mass is 9.94. The van der Waals surface area contributed by atoms with Crippen molar-refractivity contribution in [1.82, 2.24) is 0 Å². The van der Waals surface area contributed by atoms with Gasteiger partial charge in [-0.25, -0.2) is 4.39 Å². The number of aliphatic hydroxyl groups is 1. The molecule has 2 N–H and O–H groups in total. The summed E-state index contributed by atoms with van der Waals surface area (Å²) in [6.07, 6.45) is 1.21. The molecule has 0 radical (unpaired) electrons. The van der Waals surface area contributed by atoms with Crippen LogP contribution in [0.15, 0.2) is 18.2 Å². The molecule has 5 heteroatoms. The smallest absolute Gasteiger partial charge is 0.141 e. The van der Waals surface area contributed by atoms with Crippen molar-refractivity contribution in [3.05, 3.63) is 29.0 Å². The third-order valence-corrected chi connectivity index (χ3v) is 3.25. The van der Waals surface area contributed by atoms with Crippen molar-refractivity contribution >= 4 is 17.3 Å². The molecule has 1 saturated heterocycles. The van der Waals surface area contributed by atoms with Gasteiger partial charge in [0, 0.05) is 38.3 Å². The van der Waals surface area contributed by atoms with E-state index in [0.717, 1.165) is 0 Å². The fourth-order valence-corrected chi connectivity index (χ4v) is 1.98. The van der Waals surface area contributed by atoms with Crippen LogP contribution in [0, 0.1) is 5.82 Å². The maximum atomic E-state index is 12.9. The summed E-state index contributed by atoms with van der Waals surface area (Å²) in [7, 11) is 0. The van der Waals surface area contributed by atoms with E-state index in [1.54, 1.807) is 6.07 Å². The first-order valence-corrected chi connectivity index (χ1v) is 5.96. The summed E-state index contributed by atoms with van der Waals surface area (Å²) in [6, 6.07) is 4.42. The van der Waals surface area contributed by atoms with Crippen LogP contribution in [0.1, 0.15) is 12.8 Å². The van der Waals surface area contributed by atoms with Crippen molar-refractivity contribution in [2.24, 2.45) is 0 Å². The summed E-state index contributed by atoms with van der Waals surface area (Å²) in [5.41, 5.74) is -0.0460. The molecule has 0 aromatic heterocycles. The van der Waals surface area contributed by atoms with Crippen molar-refractivity contribution in [3.63, 3.8) is 0 Å². The van der Waals surface area contributed by atoms with Crippen LogP contribution in [0.25, 0.3) is 0 Å². The molecular weight excluding hydrogens is 245 g/mol. The number of anilines is 1. The van der Waals surface area contributed by atoms with E-state index < -0.39 is 11.4 Å². The van der Waals surface area contributed by atoms with Gasteiger partial charge in [-0.15, -0.1) is 0 Å². The second-order valence-electron chi connectivity index (χ2n) is 4.32. The minimum absolute atomic E-state index is 0.0777. The normalized spacial score (nSPS) is 19.0. The van der Waals surface area contributed by atoms with E-state index in [2.05, 4.69) is 5.32 Å². The molecule has 2 rings (SSSR count). The standard InChI is InChI=1S/C12H15ClFNO2/c13-10-7-9(1-2-11(10)14)15-8-12(16)3-5-17-6-4-12/h1-2,7,15-16H,3-6,8H2. The Morgan fingerprint density at radius 2 is 2.12 bits per heavy atom. The molecule has 1 aromatic rings. The van der Waals surface area contributed by atoms with Crippen LogP contribution in [0.2, 0.25) is 5.02 Å². The second-order valence-corrected chi connectivity index (χ2v) is 4.73. The number of hydrogen-bond acceptors (Lipinski definition) is 3. The Labute approximate surface area is 105 Å². The summed E-state index contributed by atoms with van der Waals surface area (Å²) in [6.45, 7) is 1.56. The van der Waals surface area contributed by atoms with Crippen LogP contribution in [0.4, 0.5) is 10.1 Å². The van der Waals surface area contributed by atoms with E-state index in [9.17, 15) is 9.50 Å². The van der Waals surface area contributed by atoms with Gasteiger partial charge in [-0.3, -0.25) is 0 Å². The summed E-state index contributed by atoms with van der Waals surface area (Å²) < 4.78 is 18.1. The van der Waals surface area contributed by atoms with Crippen molar-refractivity contribution in [2.75, 3.05) is 25.1 Å². The van der Waals surface area contributed by atoms with Crippen LogP contribution in [0.5, 0.6) is 0 Å². The molecule has 1 heterocycles. The van der Waals surface area contributed by atoms with E-state index in [0.29, 0.717) is 38.3 Å². The summed E-state index contributed by atoms with van der Waals surface area (Å²) in [5.74, 6) is -0.443. The van der Waals surface area contributed by atoms with E-state index in [4.69, 9.17) is 16.3 Å². The molecule has 0 aliphatic carbocycles. The second kappa shape index (κ2) is 5.21. The van der Waals surface area contributed by atoms with Crippen LogP contribution < -0.4 is 5.32 Å². The van der Waals surface area contributed by atoms with E-state index in [-0.39, 0.29) is 5.02 Å². The highest BCUT2D eigenvalue weighted by atomic mass is 35.5. The average molecular weight is 260 g/mol. The predicted octanol–water partition coefficient (Wildman–Crippen LogP) is 2.43. The van der Waals surface area contributed by atoms with Gasteiger partial charge in [-0.2, -0.15) is 0 Å². The summed E-state index contributed by atoms with van der Waals surface area (Å²) in [5, 5.41) is 13.4. The lowest BCUT2D eigenvalue weighted by molar-refractivity contribution is -0.0543. The SMILES string of the molecule is OC1(CNc2ccc(F)c(Cl)c2)CCOCC1. The Morgan fingerprint density at radius 3 is 2.76 bits per heavy atom. The molecule has 0 spiro atoms. The van der Waals surface area contributed by atoms with Crippen LogP contribution in [-0.2, 0) is 4.74 Å². The Morgan fingerprint density at radius 1 is 1.41 bits per heavy atom. The van der Waals surface area contributed by atoms with Gasteiger partial charge in [-0.1, -0.05) is 11.6 Å². The van der Waals surface area contributed by atoms with Gasteiger partial charge in [0.1, 0.15) is 5.82 Å². The first-order valence-electron chi connectivity index (χ1n) is 5.58. The first kappa shape index (κ1) is 12.6. The van der Waals surface area contributed by atoms with Gasteiger partial charge < -0.3 is 15.2 Å². The van der Waals surface area contributed by atoms with E-state index in [1.807, 2.05) is 0 Å². The summed E-state index contributed by atoms with van der Waals surface area (Å²) in [4.78, 5) is 0. The fourth-order valence-electron chi connectivity index (χ4n) is 1.80. The van der Waals surface area contributed by atoms with Crippen molar-refractivity contribution in [1.29, 1.82) is 0 Å². The molecule has 0 saturated carbocycles. The Kier molecular flexibility index (Phi) is 3.86. The molecule has 0 bridgehead atoms. The maximum Gasteiger partial charge on any atom is 0.141 e. The highest BCUT2D eigenvalue weighted by Crippen LogP contribution is 2.23. The van der Waals surface area contributed by atoms with Gasteiger partial charge in [0.05, 0.1) is 10.6 Å². The number of benzene rings is 1. The molecule has 0 unspecified atom stereocenters. The molecule has 94 valence electrons. The number of halogens is 2. The van der Waals surface area contributed by atoms with E-state index >= 15 is 0 Å². The van der Waals surface area contributed by atoms with Gasteiger partial charge in [0.2, 0.25) is 0 Å². The molecule has 1 aliphatic rings. The topological polar surface area (TPSA) is 41.5 Å². The average Bonchev–Trinajstić information content (AvgIpc) is 2.32. The van der Waals surface area contributed by atoms with Crippen LogP contribution in [-0.4, -0.2) is 30.5 Å². The molecule has 17 heavy (non-hydrogen) atoms. The molecule has 1 aromatic carbocycles. The first-order chi connectivity index (χ1) is 8.09. The minimum Gasteiger partial charge on any atom is -0.388 e. The number of hydrogen-bond donors (Lipinski definition) is 2. The Balaban J connectivity index is 1.94.